The van der Waals surface area contributed by atoms with Crippen LogP contribution in [0.15, 0.2) is 54.6 Å². The number of cyclic esters (lactones) is 1. The number of carbonyl (C=O) groups excluding carboxylic acids is 2. The van der Waals surface area contributed by atoms with Crippen LogP contribution in [0.25, 0.3) is 0 Å². The molecule has 1 aliphatic heterocycles. The second-order valence-electron chi connectivity index (χ2n) is 4.23. The largest absolute Gasteiger partial charge is 0.454 e. The zero-order valence-corrected chi connectivity index (χ0v) is 10.1. The second kappa shape index (κ2) is 5.00. The molecule has 1 aromatic carbocycles. The predicted molar refractivity (Wildman–Crippen MR) is 68.0 cm³/mol. The van der Waals surface area contributed by atoms with Gasteiger partial charge in [-0.2, -0.15) is 0 Å². The molecular weight excluding hydrogens is 228 g/mol. The molecule has 3 nitrogen and oxygen atoms in total. The molecule has 3 heteroatoms. The molecule has 2 rings (SSSR count). The monoisotopic (exact) mass is 242 g/mol. The highest BCUT2D eigenvalue weighted by molar-refractivity contribution is 5.95. The fourth-order valence-corrected chi connectivity index (χ4v) is 2.03. The summed E-state index contributed by atoms with van der Waals surface area (Å²) < 4.78 is 5.19. The van der Waals surface area contributed by atoms with Gasteiger partial charge in [0.2, 0.25) is 0 Å². The van der Waals surface area contributed by atoms with E-state index in [1.165, 1.54) is 13.0 Å². The summed E-state index contributed by atoms with van der Waals surface area (Å²) in [6, 6.07) is 9.47. The van der Waals surface area contributed by atoms with Crippen molar-refractivity contribution < 1.29 is 14.3 Å². The summed E-state index contributed by atoms with van der Waals surface area (Å²) in [5.74, 6) is -0.788. The first kappa shape index (κ1) is 12.3. The van der Waals surface area contributed by atoms with E-state index in [2.05, 4.69) is 6.58 Å². The van der Waals surface area contributed by atoms with Crippen molar-refractivity contribution in [2.75, 3.05) is 0 Å². The van der Waals surface area contributed by atoms with Gasteiger partial charge in [0.05, 0.1) is 5.92 Å². The van der Waals surface area contributed by atoms with Crippen LogP contribution in [0, 0.1) is 0 Å². The maximum atomic E-state index is 11.5. The Kier molecular flexibility index (Phi) is 3.42. The molecule has 1 aromatic rings. The van der Waals surface area contributed by atoms with E-state index in [1.807, 2.05) is 30.3 Å². The van der Waals surface area contributed by atoms with Crippen LogP contribution in [0.4, 0.5) is 0 Å². The predicted octanol–water partition coefficient (Wildman–Crippen LogP) is 2.40. The minimum atomic E-state index is -0.448. The Morgan fingerprint density at radius 2 is 2.00 bits per heavy atom. The number of carbonyl (C=O) groups is 2. The highest BCUT2D eigenvalue weighted by atomic mass is 16.5. The highest BCUT2D eigenvalue weighted by Gasteiger charge is 2.31. The number of ether oxygens (including phenoxy) is 1. The third-order valence-corrected chi connectivity index (χ3v) is 2.99. The van der Waals surface area contributed by atoms with Gasteiger partial charge >= 0.3 is 5.97 Å². The molecule has 92 valence electrons. The first-order chi connectivity index (χ1) is 8.59. The Bertz CT molecular complexity index is 514. The molecule has 0 N–H and O–H groups in total. The van der Waals surface area contributed by atoms with Crippen molar-refractivity contribution >= 4 is 11.8 Å². The second-order valence-corrected chi connectivity index (χ2v) is 4.23. The number of ketones is 1. The van der Waals surface area contributed by atoms with Crippen LogP contribution in [0.3, 0.4) is 0 Å². The van der Waals surface area contributed by atoms with Crippen molar-refractivity contribution in [1.82, 2.24) is 0 Å². The molecule has 1 heterocycles. The summed E-state index contributed by atoms with van der Waals surface area (Å²) >= 11 is 0. The van der Waals surface area contributed by atoms with Crippen LogP contribution in [-0.2, 0) is 14.3 Å². The fraction of sp³-hybridized carbons (Fsp3) is 0.200. The lowest BCUT2D eigenvalue weighted by atomic mass is 9.85. The van der Waals surface area contributed by atoms with E-state index in [0.717, 1.165) is 5.56 Å². The van der Waals surface area contributed by atoms with Gasteiger partial charge in [-0.15, -0.1) is 0 Å². The van der Waals surface area contributed by atoms with Gasteiger partial charge in [-0.1, -0.05) is 36.9 Å². The maximum Gasteiger partial charge on any atom is 0.331 e. The summed E-state index contributed by atoms with van der Waals surface area (Å²) in [7, 11) is 0. The Hall–Kier alpha value is -2.16. The average Bonchev–Trinajstić information content (AvgIpc) is 2.77. The molecule has 0 aliphatic carbocycles. The van der Waals surface area contributed by atoms with Crippen molar-refractivity contribution in [2.45, 2.75) is 18.9 Å². The van der Waals surface area contributed by atoms with Crippen molar-refractivity contribution in [3.63, 3.8) is 0 Å². The van der Waals surface area contributed by atoms with E-state index >= 15 is 0 Å². The SMILES string of the molecule is C=C(C(C)=O)[C@H](c1ccccc1)[C@@H]1C=CC(=O)O1. The molecule has 0 aromatic heterocycles. The van der Waals surface area contributed by atoms with Crippen LogP contribution >= 0.6 is 0 Å². The van der Waals surface area contributed by atoms with Gasteiger partial charge in [0.15, 0.2) is 5.78 Å². The van der Waals surface area contributed by atoms with E-state index < -0.39 is 6.10 Å². The van der Waals surface area contributed by atoms with Crippen LogP contribution in [0.1, 0.15) is 18.4 Å². The molecular formula is C15H14O3. The minimum Gasteiger partial charge on any atom is -0.454 e. The minimum absolute atomic E-state index is 0.0970. The smallest absolute Gasteiger partial charge is 0.331 e. The third kappa shape index (κ3) is 2.40. The molecule has 0 spiro atoms. The highest BCUT2D eigenvalue weighted by Crippen LogP contribution is 2.32. The maximum absolute atomic E-state index is 11.5. The van der Waals surface area contributed by atoms with E-state index in [-0.39, 0.29) is 17.7 Å². The zero-order valence-electron chi connectivity index (χ0n) is 10.1. The number of hydrogen-bond acceptors (Lipinski definition) is 3. The molecule has 0 saturated carbocycles. The van der Waals surface area contributed by atoms with Crippen LogP contribution in [-0.4, -0.2) is 17.9 Å². The third-order valence-electron chi connectivity index (χ3n) is 2.99. The van der Waals surface area contributed by atoms with Gasteiger partial charge in [0.25, 0.3) is 0 Å². The summed E-state index contributed by atoms with van der Waals surface area (Å²) in [6.45, 7) is 5.30. The van der Waals surface area contributed by atoms with Crippen LogP contribution in [0.5, 0.6) is 0 Å². The van der Waals surface area contributed by atoms with Gasteiger partial charge < -0.3 is 4.74 Å². The Morgan fingerprint density at radius 1 is 1.33 bits per heavy atom. The van der Waals surface area contributed by atoms with Crippen molar-refractivity contribution in [1.29, 1.82) is 0 Å². The Balaban J connectivity index is 2.35. The molecule has 0 fully saturated rings. The van der Waals surface area contributed by atoms with Crippen LogP contribution in [0.2, 0.25) is 0 Å². The first-order valence-electron chi connectivity index (χ1n) is 5.73. The lowest BCUT2D eigenvalue weighted by molar-refractivity contribution is -0.139. The van der Waals surface area contributed by atoms with Crippen molar-refractivity contribution in [3.8, 4) is 0 Å². The number of rotatable bonds is 4. The van der Waals surface area contributed by atoms with E-state index in [1.54, 1.807) is 6.08 Å². The Labute approximate surface area is 106 Å². The summed E-state index contributed by atoms with van der Waals surface area (Å²) in [4.78, 5) is 22.7. The molecule has 0 amide bonds. The molecule has 2 atom stereocenters. The van der Waals surface area contributed by atoms with Gasteiger partial charge in [0, 0.05) is 6.08 Å². The number of benzene rings is 1. The van der Waals surface area contributed by atoms with Crippen molar-refractivity contribution in [2.24, 2.45) is 0 Å². The van der Waals surface area contributed by atoms with Gasteiger partial charge in [-0.05, 0) is 24.1 Å². The van der Waals surface area contributed by atoms with Gasteiger partial charge in [-0.25, -0.2) is 4.79 Å². The number of esters is 1. The summed E-state index contributed by atoms with van der Waals surface area (Å²) in [6.07, 6.45) is 2.61. The standard InChI is InChI=1S/C15H14O3/c1-10(11(2)16)15(12-6-4-3-5-7-12)13-8-9-14(17)18-13/h3-9,13,15H,1H2,2H3/t13-,15+/m0/s1. The zero-order chi connectivity index (χ0) is 13.1. The molecule has 0 unspecified atom stereocenters. The molecule has 0 radical (unpaired) electrons. The number of Topliss-reactive ketones (excluding diaryl/α,β-unsaturated/α-hetero) is 1. The molecule has 0 bridgehead atoms. The van der Waals surface area contributed by atoms with Gasteiger partial charge in [0.1, 0.15) is 6.10 Å². The van der Waals surface area contributed by atoms with Crippen LogP contribution < -0.4 is 0 Å². The molecule has 0 saturated heterocycles. The number of hydrogen-bond donors (Lipinski definition) is 0. The van der Waals surface area contributed by atoms with E-state index in [0.29, 0.717) is 5.57 Å². The lowest BCUT2D eigenvalue weighted by Gasteiger charge is -2.23. The van der Waals surface area contributed by atoms with E-state index in [4.69, 9.17) is 4.74 Å². The molecule has 18 heavy (non-hydrogen) atoms. The van der Waals surface area contributed by atoms with E-state index in [9.17, 15) is 9.59 Å². The normalized spacial score (nSPS) is 19.4. The Morgan fingerprint density at radius 3 is 2.50 bits per heavy atom. The average molecular weight is 242 g/mol. The fourth-order valence-electron chi connectivity index (χ4n) is 2.03. The summed E-state index contributed by atoms with van der Waals surface area (Å²) in [5, 5.41) is 0. The van der Waals surface area contributed by atoms with Crippen molar-refractivity contribution in [3.05, 3.63) is 60.2 Å². The van der Waals surface area contributed by atoms with Gasteiger partial charge in [-0.3, -0.25) is 4.79 Å². The topological polar surface area (TPSA) is 43.4 Å². The first-order valence-corrected chi connectivity index (χ1v) is 5.73. The molecule has 1 aliphatic rings. The quantitative estimate of drug-likeness (QED) is 0.601. The summed E-state index contributed by atoms with van der Waals surface area (Å²) in [5.41, 5.74) is 1.37. The lowest BCUT2D eigenvalue weighted by Crippen LogP contribution is -2.23.